The van der Waals surface area contributed by atoms with E-state index < -0.39 is 0 Å². The Labute approximate surface area is 169 Å². The average Bonchev–Trinajstić information content (AvgIpc) is 3.12. The van der Waals surface area contributed by atoms with Crippen LogP contribution in [0.25, 0.3) is 6.08 Å². The monoisotopic (exact) mass is 398 g/mol. The molecule has 0 saturated carbocycles. The molecule has 0 unspecified atom stereocenters. The van der Waals surface area contributed by atoms with Crippen molar-refractivity contribution >= 4 is 23.6 Å². The van der Waals surface area contributed by atoms with E-state index in [1.165, 1.54) is 6.08 Å². The molecule has 1 aromatic carbocycles. The molecule has 7 heteroatoms. The quantitative estimate of drug-likeness (QED) is 0.633. The molecule has 3 aromatic rings. The third kappa shape index (κ3) is 4.51. The number of halogens is 1. The minimum atomic E-state index is -0.217. The molecule has 0 bridgehead atoms. The summed E-state index contributed by atoms with van der Waals surface area (Å²) >= 11 is 6.25. The van der Waals surface area contributed by atoms with Crippen molar-refractivity contribution in [1.29, 1.82) is 0 Å². The fourth-order valence-corrected chi connectivity index (χ4v) is 3.08. The van der Waals surface area contributed by atoms with Crippen LogP contribution in [0.3, 0.4) is 0 Å². The largest absolute Gasteiger partial charge is 0.444 e. The molecule has 1 amide bonds. The molecular formula is C21H23ClN4O2. The first-order chi connectivity index (χ1) is 13.3. The van der Waals surface area contributed by atoms with Crippen molar-refractivity contribution in [2.75, 3.05) is 0 Å². The Kier molecular flexibility index (Phi) is 5.99. The van der Waals surface area contributed by atoms with E-state index in [2.05, 4.69) is 15.4 Å². The van der Waals surface area contributed by atoms with Gasteiger partial charge in [0, 0.05) is 22.4 Å². The number of carbonyl (C=O) groups is 1. The van der Waals surface area contributed by atoms with Gasteiger partial charge in [-0.2, -0.15) is 5.10 Å². The summed E-state index contributed by atoms with van der Waals surface area (Å²) in [6.07, 6.45) is 3.28. The maximum absolute atomic E-state index is 12.1. The van der Waals surface area contributed by atoms with Gasteiger partial charge in [0.1, 0.15) is 5.76 Å². The molecule has 0 aliphatic carbocycles. The number of rotatable bonds is 6. The van der Waals surface area contributed by atoms with Crippen LogP contribution in [0.15, 0.2) is 34.8 Å². The van der Waals surface area contributed by atoms with Crippen molar-refractivity contribution in [1.82, 2.24) is 20.1 Å². The first-order valence-electron chi connectivity index (χ1n) is 9.01. The standard InChI is InChI=1S/C21H23ClN4O2/c1-13-16(4)28-21(24-13)11-23-20(27)10-9-18-14(2)25-26(15(18)3)12-17-7-5-6-8-19(17)22/h5-10H,11-12H2,1-4H3,(H,23,27). The van der Waals surface area contributed by atoms with E-state index in [0.717, 1.165) is 34.0 Å². The Morgan fingerprint density at radius 1 is 1.21 bits per heavy atom. The van der Waals surface area contributed by atoms with Crippen molar-refractivity contribution in [3.8, 4) is 0 Å². The number of nitrogens with zero attached hydrogens (tertiary/aromatic N) is 3. The van der Waals surface area contributed by atoms with Crippen molar-refractivity contribution in [2.45, 2.75) is 40.8 Å². The zero-order chi connectivity index (χ0) is 20.3. The number of oxazole rings is 1. The fraction of sp³-hybridized carbons (Fsp3) is 0.286. The highest BCUT2D eigenvalue weighted by Gasteiger charge is 2.11. The Morgan fingerprint density at radius 2 is 1.96 bits per heavy atom. The van der Waals surface area contributed by atoms with E-state index in [9.17, 15) is 4.79 Å². The van der Waals surface area contributed by atoms with Crippen LogP contribution >= 0.6 is 11.6 Å². The number of aryl methyl sites for hydroxylation is 3. The Bertz CT molecular complexity index is 1010. The minimum absolute atomic E-state index is 0.217. The lowest BCUT2D eigenvalue weighted by molar-refractivity contribution is -0.116. The first-order valence-corrected chi connectivity index (χ1v) is 9.39. The molecule has 0 spiro atoms. The summed E-state index contributed by atoms with van der Waals surface area (Å²) in [6, 6.07) is 7.70. The van der Waals surface area contributed by atoms with E-state index in [1.807, 2.05) is 56.6 Å². The number of carbonyl (C=O) groups excluding carboxylic acids is 1. The normalized spacial score (nSPS) is 11.3. The third-order valence-corrected chi connectivity index (χ3v) is 4.97. The van der Waals surface area contributed by atoms with Gasteiger partial charge in [-0.05, 0) is 45.4 Å². The highest BCUT2D eigenvalue weighted by atomic mass is 35.5. The number of nitrogens with one attached hydrogen (secondary N) is 1. The Morgan fingerprint density at radius 3 is 2.64 bits per heavy atom. The van der Waals surface area contributed by atoms with Gasteiger partial charge in [0.2, 0.25) is 11.8 Å². The molecule has 0 aliphatic rings. The predicted molar refractivity (Wildman–Crippen MR) is 109 cm³/mol. The minimum Gasteiger partial charge on any atom is -0.444 e. The van der Waals surface area contributed by atoms with Crippen molar-refractivity contribution < 1.29 is 9.21 Å². The molecule has 3 rings (SSSR count). The maximum atomic E-state index is 12.1. The molecule has 0 fully saturated rings. The predicted octanol–water partition coefficient (Wildman–Crippen LogP) is 4.14. The molecule has 2 heterocycles. The third-order valence-electron chi connectivity index (χ3n) is 4.60. The van der Waals surface area contributed by atoms with E-state index in [-0.39, 0.29) is 12.5 Å². The Hall–Kier alpha value is -2.86. The number of amides is 1. The molecule has 0 atom stereocenters. The second-order valence-electron chi connectivity index (χ2n) is 6.63. The average molecular weight is 399 g/mol. The molecule has 146 valence electrons. The number of hydrogen-bond donors (Lipinski definition) is 1. The highest BCUT2D eigenvalue weighted by molar-refractivity contribution is 6.31. The summed E-state index contributed by atoms with van der Waals surface area (Å²) < 4.78 is 7.36. The lowest BCUT2D eigenvalue weighted by Crippen LogP contribution is -2.20. The maximum Gasteiger partial charge on any atom is 0.244 e. The van der Waals surface area contributed by atoms with Crippen molar-refractivity contribution in [3.63, 3.8) is 0 Å². The van der Waals surface area contributed by atoms with Gasteiger partial charge in [-0.15, -0.1) is 0 Å². The molecule has 28 heavy (non-hydrogen) atoms. The number of hydrogen-bond acceptors (Lipinski definition) is 4. The lowest BCUT2D eigenvalue weighted by atomic mass is 10.1. The summed E-state index contributed by atoms with van der Waals surface area (Å²) in [6.45, 7) is 8.45. The lowest BCUT2D eigenvalue weighted by Gasteiger charge is -2.06. The zero-order valence-electron chi connectivity index (χ0n) is 16.4. The van der Waals surface area contributed by atoms with Crippen LogP contribution in [0.1, 0.15) is 39.9 Å². The molecule has 0 saturated heterocycles. The molecule has 6 nitrogen and oxygen atoms in total. The topological polar surface area (TPSA) is 73.0 Å². The van der Waals surface area contributed by atoms with E-state index >= 15 is 0 Å². The van der Waals surface area contributed by atoms with Gasteiger partial charge < -0.3 is 9.73 Å². The summed E-state index contributed by atoms with van der Waals surface area (Å²) in [7, 11) is 0. The smallest absolute Gasteiger partial charge is 0.244 e. The molecule has 1 N–H and O–H groups in total. The SMILES string of the molecule is Cc1nc(CNC(=O)C=Cc2c(C)nn(Cc3ccccc3Cl)c2C)oc1C. The van der Waals surface area contributed by atoms with Crippen LogP contribution in [0.5, 0.6) is 0 Å². The van der Waals surface area contributed by atoms with Gasteiger partial charge in [-0.3, -0.25) is 9.48 Å². The van der Waals surface area contributed by atoms with Crippen LogP contribution in [0.4, 0.5) is 0 Å². The van der Waals surface area contributed by atoms with Crippen LogP contribution < -0.4 is 5.32 Å². The van der Waals surface area contributed by atoms with Gasteiger partial charge in [0.15, 0.2) is 0 Å². The van der Waals surface area contributed by atoms with Crippen LogP contribution in [0, 0.1) is 27.7 Å². The van der Waals surface area contributed by atoms with Crippen LogP contribution in [-0.2, 0) is 17.9 Å². The van der Waals surface area contributed by atoms with Gasteiger partial charge in [0.05, 0.1) is 24.5 Å². The van der Waals surface area contributed by atoms with Crippen LogP contribution in [-0.4, -0.2) is 20.7 Å². The van der Waals surface area contributed by atoms with Gasteiger partial charge in [-0.1, -0.05) is 29.8 Å². The van der Waals surface area contributed by atoms with Crippen molar-refractivity contribution in [2.24, 2.45) is 0 Å². The highest BCUT2D eigenvalue weighted by Crippen LogP contribution is 2.20. The Balaban J connectivity index is 1.67. The second kappa shape index (κ2) is 8.44. The summed E-state index contributed by atoms with van der Waals surface area (Å²) in [5.74, 6) is 1.04. The van der Waals surface area contributed by atoms with Gasteiger partial charge >= 0.3 is 0 Å². The van der Waals surface area contributed by atoms with Gasteiger partial charge in [-0.25, -0.2) is 4.98 Å². The summed E-state index contributed by atoms with van der Waals surface area (Å²) in [5, 5.41) is 8.07. The van der Waals surface area contributed by atoms with E-state index in [0.29, 0.717) is 17.5 Å². The van der Waals surface area contributed by atoms with Gasteiger partial charge in [0.25, 0.3) is 0 Å². The first kappa shape index (κ1) is 19.9. The summed E-state index contributed by atoms with van der Waals surface area (Å²) in [5.41, 5.74) is 4.58. The van der Waals surface area contributed by atoms with E-state index in [1.54, 1.807) is 6.08 Å². The zero-order valence-corrected chi connectivity index (χ0v) is 17.2. The number of aromatic nitrogens is 3. The molecular weight excluding hydrogens is 376 g/mol. The fourth-order valence-electron chi connectivity index (χ4n) is 2.89. The molecule has 0 radical (unpaired) electrons. The number of benzene rings is 1. The molecule has 0 aliphatic heterocycles. The van der Waals surface area contributed by atoms with E-state index in [4.69, 9.17) is 16.0 Å². The molecule has 2 aromatic heterocycles. The second-order valence-corrected chi connectivity index (χ2v) is 7.04. The van der Waals surface area contributed by atoms with Crippen LogP contribution in [0.2, 0.25) is 5.02 Å². The summed E-state index contributed by atoms with van der Waals surface area (Å²) in [4.78, 5) is 16.4. The van der Waals surface area contributed by atoms with Crippen molar-refractivity contribution in [3.05, 3.63) is 75.2 Å².